The van der Waals surface area contributed by atoms with Crippen molar-refractivity contribution in [2.45, 2.75) is 6.18 Å². The number of hydrogen-bond acceptors (Lipinski definition) is 3. The van der Waals surface area contributed by atoms with Crippen LogP contribution < -0.4 is 4.74 Å². The lowest BCUT2D eigenvalue weighted by Gasteiger charge is -2.15. The van der Waals surface area contributed by atoms with Crippen LogP contribution in [0.4, 0.5) is 13.2 Å². The molecular weight excluding hydrogens is 245 g/mol. The van der Waals surface area contributed by atoms with Crippen molar-refractivity contribution in [2.75, 3.05) is 27.2 Å². The van der Waals surface area contributed by atoms with Gasteiger partial charge in [-0.2, -0.15) is 18.4 Å². The standard InChI is InChI=1S/C12H13F3N2O/c1-17(2)5-6-18-11-4-3-9(8-16)7-10(11)12(13,14)15/h3-4,7H,5-6H2,1-2H3. The second-order valence-electron chi connectivity index (χ2n) is 3.97. The molecule has 3 nitrogen and oxygen atoms in total. The first kappa shape index (κ1) is 14.3. The van der Waals surface area contributed by atoms with Crippen LogP contribution in [0.1, 0.15) is 11.1 Å². The van der Waals surface area contributed by atoms with Gasteiger partial charge >= 0.3 is 6.18 Å². The summed E-state index contributed by atoms with van der Waals surface area (Å²) in [6, 6.07) is 4.96. The minimum Gasteiger partial charge on any atom is -0.492 e. The first-order chi connectivity index (χ1) is 8.34. The SMILES string of the molecule is CN(C)CCOc1ccc(C#N)cc1C(F)(F)F. The van der Waals surface area contributed by atoms with E-state index >= 15 is 0 Å². The van der Waals surface area contributed by atoms with Crippen LogP contribution in [-0.4, -0.2) is 32.1 Å². The van der Waals surface area contributed by atoms with Crippen LogP contribution >= 0.6 is 0 Å². The minimum absolute atomic E-state index is 0.0396. The number of ether oxygens (including phenoxy) is 1. The third kappa shape index (κ3) is 3.93. The molecule has 0 fully saturated rings. The molecule has 0 aliphatic heterocycles. The van der Waals surface area contributed by atoms with E-state index in [1.54, 1.807) is 25.1 Å². The van der Waals surface area contributed by atoms with Gasteiger partial charge in [0.25, 0.3) is 0 Å². The third-order valence-corrected chi connectivity index (χ3v) is 2.21. The molecule has 0 saturated carbocycles. The number of rotatable bonds is 4. The average Bonchev–Trinajstić information content (AvgIpc) is 2.27. The van der Waals surface area contributed by atoms with Crippen molar-refractivity contribution < 1.29 is 17.9 Å². The molecule has 98 valence electrons. The Kier molecular flexibility index (Phi) is 4.56. The summed E-state index contributed by atoms with van der Waals surface area (Å²) in [6.07, 6.45) is -4.53. The highest BCUT2D eigenvalue weighted by molar-refractivity contribution is 5.43. The van der Waals surface area contributed by atoms with Crippen molar-refractivity contribution in [3.05, 3.63) is 29.3 Å². The van der Waals surface area contributed by atoms with Crippen LogP contribution in [-0.2, 0) is 6.18 Å². The maximum absolute atomic E-state index is 12.8. The van der Waals surface area contributed by atoms with Gasteiger partial charge in [-0.15, -0.1) is 0 Å². The van der Waals surface area contributed by atoms with Gasteiger partial charge in [-0.3, -0.25) is 0 Å². The number of hydrogen-bond donors (Lipinski definition) is 0. The molecule has 0 amide bonds. The second-order valence-corrected chi connectivity index (χ2v) is 3.97. The molecule has 6 heteroatoms. The van der Waals surface area contributed by atoms with Gasteiger partial charge in [0.2, 0.25) is 0 Å². The largest absolute Gasteiger partial charge is 0.492 e. The Balaban J connectivity index is 2.94. The van der Waals surface area contributed by atoms with Crippen molar-refractivity contribution >= 4 is 0 Å². The van der Waals surface area contributed by atoms with Gasteiger partial charge < -0.3 is 9.64 Å². The molecule has 0 aliphatic rings. The van der Waals surface area contributed by atoms with Crippen LogP contribution in [0.2, 0.25) is 0 Å². The molecule has 0 saturated heterocycles. The Morgan fingerprint density at radius 3 is 2.50 bits per heavy atom. The van der Waals surface area contributed by atoms with Crippen LogP contribution in [0.5, 0.6) is 5.75 Å². The number of likely N-dealkylation sites (N-methyl/N-ethyl adjacent to an activating group) is 1. The lowest BCUT2D eigenvalue weighted by atomic mass is 10.1. The van der Waals surface area contributed by atoms with E-state index in [1.807, 2.05) is 0 Å². The first-order valence-corrected chi connectivity index (χ1v) is 5.23. The van der Waals surface area contributed by atoms with E-state index in [-0.39, 0.29) is 17.9 Å². The fraction of sp³-hybridized carbons (Fsp3) is 0.417. The molecule has 0 unspecified atom stereocenters. The first-order valence-electron chi connectivity index (χ1n) is 5.23. The summed E-state index contributed by atoms with van der Waals surface area (Å²) in [4.78, 5) is 1.80. The normalized spacial score (nSPS) is 11.4. The van der Waals surface area contributed by atoms with E-state index in [9.17, 15) is 13.2 Å². The minimum atomic E-state index is -4.53. The summed E-state index contributed by atoms with van der Waals surface area (Å²) in [5, 5.41) is 8.60. The lowest BCUT2D eigenvalue weighted by molar-refractivity contribution is -0.139. The van der Waals surface area contributed by atoms with E-state index in [0.29, 0.717) is 6.54 Å². The molecule has 0 spiro atoms. The van der Waals surface area contributed by atoms with Gasteiger partial charge in [-0.1, -0.05) is 0 Å². The molecular formula is C12H13F3N2O. The number of nitrogens with zero attached hydrogens (tertiary/aromatic N) is 2. The molecule has 0 bridgehead atoms. The Hall–Kier alpha value is -1.74. The summed E-state index contributed by atoms with van der Waals surface area (Å²) >= 11 is 0. The Labute approximate surface area is 103 Å². The van der Waals surface area contributed by atoms with Gasteiger partial charge in [0.05, 0.1) is 17.2 Å². The van der Waals surface area contributed by atoms with E-state index in [1.165, 1.54) is 12.1 Å². The molecule has 1 aromatic carbocycles. The quantitative estimate of drug-likeness (QED) is 0.832. The molecule has 0 aliphatic carbocycles. The Bertz CT molecular complexity index is 450. The van der Waals surface area contributed by atoms with Gasteiger partial charge in [0.15, 0.2) is 0 Å². The van der Waals surface area contributed by atoms with Crippen LogP contribution in [0.3, 0.4) is 0 Å². The molecule has 18 heavy (non-hydrogen) atoms. The maximum Gasteiger partial charge on any atom is 0.420 e. The molecule has 0 aromatic heterocycles. The van der Waals surface area contributed by atoms with Crippen LogP contribution in [0.15, 0.2) is 18.2 Å². The summed E-state index contributed by atoms with van der Waals surface area (Å²) in [6.45, 7) is 0.666. The zero-order valence-corrected chi connectivity index (χ0v) is 10.1. The number of halogens is 3. The smallest absolute Gasteiger partial charge is 0.420 e. The third-order valence-electron chi connectivity index (χ3n) is 2.21. The topological polar surface area (TPSA) is 36.3 Å². The van der Waals surface area contributed by atoms with E-state index in [4.69, 9.17) is 10.00 Å². The highest BCUT2D eigenvalue weighted by Crippen LogP contribution is 2.36. The summed E-state index contributed by atoms with van der Waals surface area (Å²) in [5.74, 6) is -0.247. The predicted molar refractivity (Wildman–Crippen MR) is 60.2 cm³/mol. The summed E-state index contributed by atoms with van der Waals surface area (Å²) in [7, 11) is 3.60. The van der Waals surface area contributed by atoms with Crippen molar-refractivity contribution in [1.82, 2.24) is 4.90 Å². The van der Waals surface area contributed by atoms with Crippen LogP contribution in [0, 0.1) is 11.3 Å². The zero-order chi connectivity index (χ0) is 13.8. The van der Waals surface area contributed by atoms with E-state index in [0.717, 1.165) is 6.07 Å². The van der Waals surface area contributed by atoms with Crippen LogP contribution in [0.25, 0.3) is 0 Å². The Morgan fingerprint density at radius 1 is 1.33 bits per heavy atom. The average molecular weight is 258 g/mol. The van der Waals surface area contributed by atoms with Gasteiger partial charge in [0, 0.05) is 6.54 Å². The molecule has 1 rings (SSSR count). The lowest BCUT2D eigenvalue weighted by Crippen LogP contribution is -2.20. The highest BCUT2D eigenvalue weighted by Gasteiger charge is 2.34. The molecule has 0 atom stereocenters. The van der Waals surface area contributed by atoms with Gasteiger partial charge in [-0.25, -0.2) is 0 Å². The van der Waals surface area contributed by atoms with Crippen molar-refractivity contribution in [1.29, 1.82) is 5.26 Å². The zero-order valence-electron chi connectivity index (χ0n) is 10.1. The number of alkyl halides is 3. The summed E-state index contributed by atoms with van der Waals surface area (Å²) in [5.41, 5.74) is -0.956. The molecule has 0 radical (unpaired) electrons. The fourth-order valence-corrected chi connectivity index (χ4v) is 1.29. The monoisotopic (exact) mass is 258 g/mol. The molecule has 1 aromatic rings. The van der Waals surface area contributed by atoms with Gasteiger partial charge in [0.1, 0.15) is 12.4 Å². The predicted octanol–water partition coefficient (Wildman–Crippen LogP) is 2.52. The molecule has 0 N–H and O–H groups in total. The summed E-state index contributed by atoms with van der Waals surface area (Å²) < 4.78 is 43.4. The van der Waals surface area contributed by atoms with Crippen molar-refractivity contribution in [3.8, 4) is 11.8 Å². The fourth-order valence-electron chi connectivity index (χ4n) is 1.29. The van der Waals surface area contributed by atoms with E-state index < -0.39 is 11.7 Å². The second kappa shape index (κ2) is 5.74. The molecule has 0 heterocycles. The Morgan fingerprint density at radius 2 is 2.00 bits per heavy atom. The van der Waals surface area contributed by atoms with Crippen molar-refractivity contribution in [2.24, 2.45) is 0 Å². The highest BCUT2D eigenvalue weighted by atomic mass is 19.4. The number of nitriles is 1. The van der Waals surface area contributed by atoms with Gasteiger partial charge in [-0.05, 0) is 32.3 Å². The van der Waals surface area contributed by atoms with Crippen molar-refractivity contribution in [3.63, 3.8) is 0 Å². The maximum atomic E-state index is 12.8. The van der Waals surface area contributed by atoms with E-state index in [2.05, 4.69) is 0 Å². The number of benzene rings is 1.